The number of carbonyl (C=O) groups is 1. The van der Waals surface area contributed by atoms with Crippen molar-refractivity contribution in [2.45, 2.75) is 38.8 Å². The molecule has 2 aromatic rings. The van der Waals surface area contributed by atoms with Gasteiger partial charge in [0.15, 0.2) is 5.78 Å². The Bertz CT molecular complexity index is 873. The number of aromatic amines is 1. The molecule has 0 aliphatic heterocycles. The zero-order chi connectivity index (χ0) is 19.0. The SMILES string of the molecule is Cc1nc(C(=O)CC(C)(C)c2ccc(C(F)(F)F)c(Cl)c2)cc(=O)[nH]1. The number of ketones is 1. The normalized spacial score (nSPS) is 12.3. The quantitative estimate of drug-likeness (QED) is 0.814. The predicted octanol–water partition coefficient (Wildman–Crippen LogP) is 4.30. The first-order valence-electron chi connectivity index (χ1n) is 7.38. The van der Waals surface area contributed by atoms with E-state index in [4.69, 9.17) is 11.6 Å². The fraction of sp³-hybridized carbons (Fsp3) is 0.353. The molecule has 4 nitrogen and oxygen atoms in total. The number of aryl methyl sites for hydroxylation is 1. The van der Waals surface area contributed by atoms with Gasteiger partial charge in [0.2, 0.25) is 0 Å². The van der Waals surface area contributed by atoms with Gasteiger partial charge in [0, 0.05) is 12.5 Å². The molecule has 134 valence electrons. The Balaban J connectivity index is 2.31. The van der Waals surface area contributed by atoms with E-state index < -0.39 is 27.7 Å². The van der Waals surface area contributed by atoms with E-state index >= 15 is 0 Å². The van der Waals surface area contributed by atoms with Gasteiger partial charge in [-0.3, -0.25) is 9.59 Å². The molecule has 0 fully saturated rings. The van der Waals surface area contributed by atoms with Gasteiger partial charge in [-0.15, -0.1) is 0 Å². The zero-order valence-electron chi connectivity index (χ0n) is 13.8. The van der Waals surface area contributed by atoms with Crippen LogP contribution < -0.4 is 5.56 Å². The predicted molar refractivity (Wildman–Crippen MR) is 88.0 cm³/mol. The van der Waals surface area contributed by atoms with Crippen molar-refractivity contribution in [3.05, 3.63) is 62.3 Å². The van der Waals surface area contributed by atoms with Gasteiger partial charge in [-0.1, -0.05) is 31.5 Å². The van der Waals surface area contributed by atoms with Crippen LogP contribution in [0.25, 0.3) is 0 Å². The van der Waals surface area contributed by atoms with Gasteiger partial charge < -0.3 is 4.98 Å². The summed E-state index contributed by atoms with van der Waals surface area (Å²) in [5.41, 5.74) is -1.64. The molecule has 1 aromatic heterocycles. The van der Waals surface area contributed by atoms with E-state index in [0.717, 1.165) is 12.1 Å². The van der Waals surface area contributed by atoms with Crippen molar-refractivity contribution >= 4 is 17.4 Å². The van der Waals surface area contributed by atoms with E-state index in [1.807, 2.05) is 0 Å². The number of hydrogen-bond donors (Lipinski definition) is 1. The second-order valence-corrected chi connectivity index (χ2v) is 6.80. The lowest BCUT2D eigenvalue weighted by Crippen LogP contribution is -2.24. The number of halogens is 4. The average Bonchev–Trinajstić information content (AvgIpc) is 2.44. The summed E-state index contributed by atoms with van der Waals surface area (Å²) in [5, 5.41) is -0.421. The fourth-order valence-corrected chi connectivity index (χ4v) is 2.77. The molecule has 8 heteroatoms. The van der Waals surface area contributed by atoms with Crippen LogP contribution in [-0.4, -0.2) is 15.8 Å². The first-order valence-corrected chi connectivity index (χ1v) is 7.76. The molecule has 0 aliphatic carbocycles. The van der Waals surface area contributed by atoms with Crippen LogP contribution in [-0.2, 0) is 11.6 Å². The molecule has 0 spiro atoms. The number of aromatic nitrogens is 2. The minimum atomic E-state index is -4.54. The second kappa shape index (κ2) is 6.63. The minimum Gasteiger partial charge on any atom is -0.311 e. The lowest BCUT2D eigenvalue weighted by Gasteiger charge is -2.25. The zero-order valence-corrected chi connectivity index (χ0v) is 14.5. The van der Waals surface area contributed by atoms with E-state index in [2.05, 4.69) is 9.97 Å². The molecule has 1 aromatic carbocycles. The summed E-state index contributed by atoms with van der Waals surface area (Å²) < 4.78 is 38.4. The molecule has 0 saturated heterocycles. The number of nitrogens with zero attached hydrogens (tertiary/aromatic N) is 1. The molecular formula is C17H16ClF3N2O2. The van der Waals surface area contributed by atoms with Gasteiger partial charge in [-0.25, -0.2) is 4.98 Å². The molecule has 25 heavy (non-hydrogen) atoms. The van der Waals surface area contributed by atoms with Crippen molar-refractivity contribution in [1.82, 2.24) is 9.97 Å². The molecule has 2 rings (SSSR count). The first kappa shape index (κ1) is 19.2. The highest BCUT2D eigenvalue weighted by Gasteiger charge is 2.34. The molecule has 0 aliphatic rings. The highest BCUT2D eigenvalue weighted by atomic mass is 35.5. The summed E-state index contributed by atoms with van der Waals surface area (Å²) in [5.74, 6) is -0.0681. The van der Waals surface area contributed by atoms with Gasteiger partial charge in [-0.05, 0) is 30.0 Å². The summed E-state index contributed by atoms with van der Waals surface area (Å²) in [4.78, 5) is 30.3. The van der Waals surface area contributed by atoms with Gasteiger partial charge >= 0.3 is 6.18 Å². The topological polar surface area (TPSA) is 62.8 Å². The Kier molecular flexibility index (Phi) is 5.09. The van der Waals surface area contributed by atoms with Crippen LogP contribution in [0.3, 0.4) is 0 Å². The average molecular weight is 373 g/mol. The number of Topliss-reactive ketones (excluding diaryl/α,β-unsaturated/α-hetero) is 1. The maximum Gasteiger partial charge on any atom is 0.417 e. The maximum atomic E-state index is 12.8. The van der Waals surface area contributed by atoms with Crippen molar-refractivity contribution in [2.75, 3.05) is 0 Å². The highest BCUT2D eigenvalue weighted by molar-refractivity contribution is 6.31. The molecule has 0 radical (unpaired) electrons. The third-order valence-electron chi connectivity index (χ3n) is 3.80. The third kappa shape index (κ3) is 4.48. The van der Waals surface area contributed by atoms with E-state index in [9.17, 15) is 22.8 Å². The standard InChI is InChI=1S/C17H16ClF3N2O2/c1-9-22-13(7-15(25)23-9)14(24)8-16(2,3)10-4-5-11(12(18)6-10)17(19,20)21/h4-7H,8H2,1-3H3,(H,22,23,25). The number of hydrogen-bond acceptors (Lipinski definition) is 3. The number of carbonyl (C=O) groups excluding carboxylic acids is 1. The second-order valence-electron chi connectivity index (χ2n) is 6.39. The van der Waals surface area contributed by atoms with Gasteiger partial charge in [-0.2, -0.15) is 13.2 Å². The van der Waals surface area contributed by atoms with Crippen molar-refractivity contribution in [3.63, 3.8) is 0 Å². The summed E-state index contributed by atoms with van der Waals surface area (Å²) in [6, 6.07) is 4.53. The monoisotopic (exact) mass is 372 g/mol. The Morgan fingerprint density at radius 1 is 1.24 bits per heavy atom. The van der Waals surface area contributed by atoms with Crippen LogP contribution in [0.1, 0.15) is 47.7 Å². The Morgan fingerprint density at radius 2 is 1.88 bits per heavy atom. The molecule has 1 heterocycles. The molecule has 1 N–H and O–H groups in total. The van der Waals surface area contributed by atoms with E-state index in [1.165, 1.54) is 12.1 Å². The van der Waals surface area contributed by atoms with Gasteiger partial charge in [0.1, 0.15) is 11.5 Å². The number of H-pyrrole nitrogens is 1. The van der Waals surface area contributed by atoms with Crippen molar-refractivity contribution in [3.8, 4) is 0 Å². The van der Waals surface area contributed by atoms with E-state index in [-0.39, 0.29) is 17.9 Å². The molecule has 0 saturated carbocycles. The number of rotatable bonds is 4. The van der Waals surface area contributed by atoms with Crippen molar-refractivity contribution in [1.29, 1.82) is 0 Å². The van der Waals surface area contributed by atoms with Crippen molar-refractivity contribution < 1.29 is 18.0 Å². The minimum absolute atomic E-state index is 0.0207. The Labute approximate surface area is 147 Å². The Morgan fingerprint density at radius 3 is 2.40 bits per heavy atom. The van der Waals surface area contributed by atoms with E-state index in [1.54, 1.807) is 20.8 Å². The van der Waals surface area contributed by atoms with Crippen LogP contribution in [0, 0.1) is 6.92 Å². The summed E-state index contributed by atoms with van der Waals surface area (Å²) >= 11 is 5.75. The lowest BCUT2D eigenvalue weighted by atomic mass is 9.79. The van der Waals surface area contributed by atoms with Crippen molar-refractivity contribution in [2.24, 2.45) is 0 Å². The smallest absolute Gasteiger partial charge is 0.311 e. The summed E-state index contributed by atoms with van der Waals surface area (Å²) in [6.45, 7) is 4.98. The number of benzene rings is 1. The van der Waals surface area contributed by atoms with Gasteiger partial charge in [0.05, 0.1) is 10.6 Å². The number of alkyl halides is 3. The highest BCUT2D eigenvalue weighted by Crippen LogP contribution is 2.38. The van der Waals surface area contributed by atoms with Crippen LogP contribution >= 0.6 is 11.6 Å². The third-order valence-corrected chi connectivity index (χ3v) is 4.12. The summed E-state index contributed by atoms with van der Waals surface area (Å²) in [6.07, 6.45) is -4.58. The molecule has 0 amide bonds. The number of nitrogens with one attached hydrogen (secondary N) is 1. The first-order chi connectivity index (χ1) is 11.4. The van der Waals surface area contributed by atoms with E-state index in [0.29, 0.717) is 11.4 Å². The summed E-state index contributed by atoms with van der Waals surface area (Å²) in [7, 11) is 0. The molecular weight excluding hydrogens is 357 g/mol. The Hall–Kier alpha value is -2.15. The van der Waals surface area contributed by atoms with Crippen LogP contribution in [0.4, 0.5) is 13.2 Å². The van der Waals surface area contributed by atoms with Gasteiger partial charge in [0.25, 0.3) is 5.56 Å². The largest absolute Gasteiger partial charge is 0.417 e. The lowest BCUT2D eigenvalue weighted by molar-refractivity contribution is -0.137. The molecule has 0 atom stereocenters. The van der Waals surface area contributed by atoms with Crippen LogP contribution in [0.5, 0.6) is 0 Å². The molecule has 0 unspecified atom stereocenters. The van der Waals surface area contributed by atoms with Crippen LogP contribution in [0.2, 0.25) is 5.02 Å². The maximum absolute atomic E-state index is 12.8. The molecule has 0 bridgehead atoms. The van der Waals surface area contributed by atoms with Crippen LogP contribution in [0.15, 0.2) is 29.1 Å². The fourth-order valence-electron chi connectivity index (χ4n) is 2.48.